The van der Waals surface area contributed by atoms with Gasteiger partial charge in [0, 0.05) is 24.8 Å². The standard InChI is InChI=1S/C23H30N2O2S/c1-28(26,27)21-9-7-19(8-10-21)17-25-13-11-18(12-14-25)16-24-23-15-22(23)20-5-3-2-4-6-20/h2-10,18,22-24H,11-17H2,1H3. The molecule has 4 rings (SSSR count). The first kappa shape index (κ1) is 19.6. The Morgan fingerprint density at radius 2 is 1.68 bits per heavy atom. The zero-order valence-electron chi connectivity index (χ0n) is 16.5. The lowest BCUT2D eigenvalue weighted by molar-refractivity contribution is 0.175. The molecular formula is C23H30N2O2S. The lowest BCUT2D eigenvalue weighted by Crippen LogP contribution is -2.37. The van der Waals surface area contributed by atoms with E-state index in [9.17, 15) is 8.42 Å². The van der Waals surface area contributed by atoms with Crippen molar-refractivity contribution in [1.29, 1.82) is 0 Å². The Balaban J connectivity index is 1.18. The van der Waals surface area contributed by atoms with Gasteiger partial charge in [-0.15, -0.1) is 0 Å². The van der Waals surface area contributed by atoms with Gasteiger partial charge in [-0.25, -0.2) is 8.42 Å². The van der Waals surface area contributed by atoms with Crippen LogP contribution in [-0.2, 0) is 16.4 Å². The van der Waals surface area contributed by atoms with Crippen LogP contribution in [0.5, 0.6) is 0 Å². The van der Waals surface area contributed by atoms with Gasteiger partial charge in [0.2, 0.25) is 0 Å². The molecule has 1 aliphatic carbocycles. The molecule has 2 unspecified atom stereocenters. The van der Waals surface area contributed by atoms with Gasteiger partial charge < -0.3 is 5.32 Å². The van der Waals surface area contributed by atoms with E-state index in [-0.39, 0.29) is 0 Å². The second-order valence-corrected chi connectivity index (χ2v) is 10.4. The molecule has 1 saturated heterocycles. The maximum absolute atomic E-state index is 11.6. The Labute approximate surface area is 168 Å². The number of sulfone groups is 1. The van der Waals surface area contributed by atoms with Crippen molar-refractivity contribution in [3.63, 3.8) is 0 Å². The maximum Gasteiger partial charge on any atom is 0.175 e. The SMILES string of the molecule is CS(=O)(=O)c1ccc(CN2CCC(CNC3CC3c3ccccc3)CC2)cc1. The number of nitrogens with one attached hydrogen (secondary N) is 1. The van der Waals surface area contributed by atoms with Crippen molar-refractivity contribution in [3.8, 4) is 0 Å². The van der Waals surface area contributed by atoms with Crippen molar-refractivity contribution in [3.05, 3.63) is 65.7 Å². The Bertz CT molecular complexity index is 873. The summed E-state index contributed by atoms with van der Waals surface area (Å²) < 4.78 is 23.1. The van der Waals surface area contributed by atoms with Gasteiger partial charge in [0.05, 0.1) is 4.90 Å². The van der Waals surface area contributed by atoms with Crippen molar-refractivity contribution in [2.75, 3.05) is 25.9 Å². The van der Waals surface area contributed by atoms with E-state index in [0.29, 0.717) is 16.9 Å². The van der Waals surface area contributed by atoms with Gasteiger partial charge in [-0.1, -0.05) is 42.5 Å². The van der Waals surface area contributed by atoms with E-state index in [0.717, 1.165) is 32.1 Å². The molecule has 2 aliphatic rings. The third kappa shape index (κ3) is 5.02. The lowest BCUT2D eigenvalue weighted by Gasteiger charge is -2.32. The lowest BCUT2D eigenvalue weighted by atomic mass is 9.96. The monoisotopic (exact) mass is 398 g/mol. The molecule has 2 aromatic carbocycles. The molecule has 2 aromatic rings. The number of piperidine rings is 1. The van der Waals surface area contributed by atoms with E-state index in [1.54, 1.807) is 12.1 Å². The zero-order valence-corrected chi connectivity index (χ0v) is 17.4. The van der Waals surface area contributed by atoms with Crippen LogP contribution >= 0.6 is 0 Å². The van der Waals surface area contributed by atoms with Gasteiger partial charge in [-0.2, -0.15) is 0 Å². The number of likely N-dealkylation sites (tertiary alicyclic amines) is 1. The summed E-state index contributed by atoms with van der Waals surface area (Å²) in [5, 5.41) is 3.78. The topological polar surface area (TPSA) is 49.4 Å². The van der Waals surface area contributed by atoms with E-state index < -0.39 is 9.84 Å². The average Bonchev–Trinajstić information content (AvgIpc) is 3.48. The minimum Gasteiger partial charge on any atom is -0.313 e. The summed E-state index contributed by atoms with van der Waals surface area (Å²) in [6, 6.07) is 18.8. The first-order chi connectivity index (χ1) is 13.5. The van der Waals surface area contributed by atoms with Crippen LogP contribution < -0.4 is 5.32 Å². The molecule has 5 heteroatoms. The van der Waals surface area contributed by atoms with Crippen molar-refractivity contribution in [1.82, 2.24) is 10.2 Å². The summed E-state index contributed by atoms with van der Waals surface area (Å²) in [4.78, 5) is 2.88. The van der Waals surface area contributed by atoms with Crippen molar-refractivity contribution < 1.29 is 8.42 Å². The quantitative estimate of drug-likeness (QED) is 0.776. The fourth-order valence-electron chi connectivity index (χ4n) is 4.26. The Kier molecular flexibility index (Phi) is 5.85. The van der Waals surface area contributed by atoms with Crippen LogP contribution in [0.2, 0.25) is 0 Å². The van der Waals surface area contributed by atoms with E-state index in [2.05, 4.69) is 40.5 Å². The van der Waals surface area contributed by atoms with Gasteiger partial charge in [0.1, 0.15) is 0 Å². The molecule has 150 valence electrons. The molecule has 4 nitrogen and oxygen atoms in total. The molecule has 28 heavy (non-hydrogen) atoms. The highest BCUT2D eigenvalue weighted by Crippen LogP contribution is 2.40. The van der Waals surface area contributed by atoms with Crippen molar-refractivity contribution >= 4 is 9.84 Å². The number of hydrogen-bond acceptors (Lipinski definition) is 4. The summed E-state index contributed by atoms with van der Waals surface area (Å²) in [5.74, 6) is 1.47. The average molecular weight is 399 g/mol. The predicted octanol–water partition coefficient (Wildman–Crippen LogP) is 3.45. The highest BCUT2D eigenvalue weighted by Gasteiger charge is 2.38. The molecule has 1 heterocycles. The van der Waals surface area contributed by atoms with E-state index in [1.807, 2.05) is 12.1 Å². The summed E-state index contributed by atoms with van der Waals surface area (Å²) in [6.45, 7) is 4.27. The number of nitrogens with zero attached hydrogens (tertiary/aromatic N) is 1. The van der Waals surface area contributed by atoms with E-state index in [1.165, 1.54) is 36.6 Å². The Hall–Kier alpha value is -1.69. The molecule has 0 bridgehead atoms. The number of rotatable bonds is 7. The normalized spacial score (nSPS) is 23.6. The van der Waals surface area contributed by atoms with Crippen LogP contribution in [0.1, 0.15) is 36.3 Å². The summed E-state index contributed by atoms with van der Waals surface area (Å²) in [6.07, 6.45) is 4.99. The van der Waals surface area contributed by atoms with Gasteiger partial charge in [-0.05, 0) is 68.1 Å². The fraction of sp³-hybridized carbons (Fsp3) is 0.478. The molecule has 2 fully saturated rings. The number of hydrogen-bond donors (Lipinski definition) is 1. The summed E-state index contributed by atoms with van der Waals surface area (Å²) in [7, 11) is -3.11. The minimum absolute atomic E-state index is 0.398. The third-order valence-corrected chi connectivity index (χ3v) is 7.28. The zero-order chi connectivity index (χ0) is 19.6. The smallest absolute Gasteiger partial charge is 0.175 e. The largest absolute Gasteiger partial charge is 0.313 e. The highest BCUT2D eigenvalue weighted by atomic mass is 32.2. The van der Waals surface area contributed by atoms with Gasteiger partial charge in [-0.3, -0.25) is 4.90 Å². The third-order valence-electron chi connectivity index (χ3n) is 6.15. The van der Waals surface area contributed by atoms with Gasteiger partial charge >= 0.3 is 0 Å². The molecule has 0 spiro atoms. The van der Waals surface area contributed by atoms with E-state index >= 15 is 0 Å². The Morgan fingerprint density at radius 3 is 2.32 bits per heavy atom. The van der Waals surface area contributed by atoms with Gasteiger partial charge in [0.15, 0.2) is 9.84 Å². The first-order valence-electron chi connectivity index (χ1n) is 10.3. The summed E-state index contributed by atoms with van der Waals surface area (Å²) >= 11 is 0. The maximum atomic E-state index is 11.6. The molecular weight excluding hydrogens is 368 g/mol. The van der Waals surface area contributed by atoms with Crippen LogP contribution in [-0.4, -0.2) is 45.2 Å². The van der Waals surface area contributed by atoms with Gasteiger partial charge in [0.25, 0.3) is 0 Å². The fourth-order valence-corrected chi connectivity index (χ4v) is 4.89. The van der Waals surface area contributed by atoms with Crippen LogP contribution in [0.15, 0.2) is 59.5 Å². The van der Waals surface area contributed by atoms with E-state index in [4.69, 9.17) is 0 Å². The van der Waals surface area contributed by atoms with Crippen molar-refractivity contribution in [2.24, 2.45) is 5.92 Å². The first-order valence-corrected chi connectivity index (χ1v) is 12.2. The van der Waals surface area contributed by atoms with Crippen LogP contribution in [0, 0.1) is 5.92 Å². The second-order valence-electron chi connectivity index (χ2n) is 8.40. The second kappa shape index (κ2) is 8.36. The molecule has 1 aliphatic heterocycles. The van der Waals surface area contributed by atoms with Crippen LogP contribution in [0.4, 0.5) is 0 Å². The van der Waals surface area contributed by atoms with Crippen LogP contribution in [0.3, 0.4) is 0 Å². The van der Waals surface area contributed by atoms with Crippen molar-refractivity contribution in [2.45, 2.75) is 42.7 Å². The number of benzene rings is 2. The molecule has 2 atom stereocenters. The molecule has 1 N–H and O–H groups in total. The highest BCUT2D eigenvalue weighted by molar-refractivity contribution is 7.90. The van der Waals surface area contributed by atoms with Crippen LogP contribution in [0.25, 0.3) is 0 Å². The molecule has 1 saturated carbocycles. The Morgan fingerprint density at radius 1 is 1.00 bits per heavy atom. The molecule has 0 radical (unpaired) electrons. The molecule has 0 amide bonds. The predicted molar refractivity (Wildman–Crippen MR) is 113 cm³/mol. The molecule has 0 aromatic heterocycles. The minimum atomic E-state index is -3.11. The summed E-state index contributed by atoms with van der Waals surface area (Å²) in [5.41, 5.74) is 2.66.